The molecule has 2 radical (unpaired) electrons. The number of carbonyl (C=O) groups excluding carboxylic acids is 3. The highest BCUT2D eigenvalue weighted by atomic mass is 16.5. The van der Waals surface area contributed by atoms with Gasteiger partial charge in [-0.1, -0.05) is 35.4 Å². The molecule has 0 aliphatic heterocycles. The summed E-state index contributed by atoms with van der Waals surface area (Å²) in [4.78, 5) is 36.1. The topological polar surface area (TPSA) is 60.4 Å². The molecule has 0 aromatic heterocycles. The van der Waals surface area contributed by atoms with Gasteiger partial charge in [0, 0.05) is 30.4 Å². The fourth-order valence-electron chi connectivity index (χ4n) is 3.88. The van der Waals surface area contributed by atoms with Gasteiger partial charge >= 0.3 is 0 Å². The van der Waals surface area contributed by atoms with E-state index in [4.69, 9.17) is 4.74 Å². The zero-order valence-electron chi connectivity index (χ0n) is 18.4. The van der Waals surface area contributed by atoms with Gasteiger partial charge < -0.3 is 4.74 Å². The smallest absolute Gasteiger partial charge is 0.185 e. The first-order chi connectivity index (χ1) is 15.4. The van der Waals surface area contributed by atoms with Crippen LogP contribution >= 0.6 is 0 Å². The van der Waals surface area contributed by atoms with Crippen LogP contribution in [0.3, 0.4) is 0 Å². The average molecular weight is 427 g/mol. The van der Waals surface area contributed by atoms with Crippen LogP contribution in [0.2, 0.25) is 0 Å². The van der Waals surface area contributed by atoms with Gasteiger partial charge in [0.2, 0.25) is 0 Å². The monoisotopic (exact) mass is 426 g/mol. The van der Waals surface area contributed by atoms with Crippen LogP contribution in [0.4, 0.5) is 0 Å². The van der Waals surface area contributed by atoms with Crippen LogP contribution in [0.5, 0.6) is 5.75 Å². The van der Waals surface area contributed by atoms with Crippen LogP contribution in [0.25, 0.3) is 0 Å². The van der Waals surface area contributed by atoms with Gasteiger partial charge in [0.1, 0.15) is 11.5 Å². The molecule has 162 valence electrons. The second-order valence-corrected chi connectivity index (χ2v) is 8.44. The molecule has 3 aliphatic rings. The van der Waals surface area contributed by atoms with Crippen molar-refractivity contribution in [3.05, 3.63) is 101 Å². The molecule has 1 aromatic carbocycles. The number of ether oxygens (including phenoxy) is 1. The Labute approximate surface area is 189 Å². The number of rotatable bonds is 8. The minimum absolute atomic E-state index is 0.100. The second kappa shape index (κ2) is 9.47. The summed E-state index contributed by atoms with van der Waals surface area (Å²) in [7, 11) is 0. The largest absolute Gasteiger partial charge is 0.461 e. The van der Waals surface area contributed by atoms with Gasteiger partial charge in [-0.05, 0) is 75.0 Å². The van der Waals surface area contributed by atoms with E-state index in [1.807, 2.05) is 48.9 Å². The van der Waals surface area contributed by atoms with E-state index in [-0.39, 0.29) is 23.8 Å². The van der Waals surface area contributed by atoms with Crippen molar-refractivity contribution in [2.24, 2.45) is 0 Å². The van der Waals surface area contributed by atoms with Gasteiger partial charge in [-0.2, -0.15) is 0 Å². The van der Waals surface area contributed by atoms with Gasteiger partial charge in [0.15, 0.2) is 17.3 Å². The van der Waals surface area contributed by atoms with Crippen LogP contribution < -0.4 is 4.74 Å². The third-order valence-electron chi connectivity index (χ3n) is 6.07. The van der Waals surface area contributed by atoms with E-state index in [2.05, 4.69) is 6.42 Å². The third-order valence-corrected chi connectivity index (χ3v) is 6.07. The van der Waals surface area contributed by atoms with Gasteiger partial charge in [0.05, 0.1) is 0 Å². The van der Waals surface area contributed by atoms with Crippen molar-refractivity contribution in [3.8, 4) is 5.75 Å². The lowest BCUT2D eigenvalue weighted by Gasteiger charge is -2.28. The number of allylic oxidation sites excluding steroid dienone is 9. The molecule has 32 heavy (non-hydrogen) atoms. The Morgan fingerprint density at radius 2 is 1.72 bits per heavy atom. The summed E-state index contributed by atoms with van der Waals surface area (Å²) in [5, 5.41) is 0. The summed E-state index contributed by atoms with van der Waals surface area (Å²) < 4.78 is 5.91. The fourth-order valence-corrected chi connectivity index (χ4v) is 3.88. The Kier molecular flexibility index (Phi) is 6.50. The van der Waals surface area contributed by atoms with Crippen molar-refractivity contribution in [2.75, 3.05) is 0 Å². The molecule has 0 spiro atoms. The SMILES string of the molecule is CC(=O)/C(C)=C\C(=O)Cc1ccc(OC2=CCC(C(=O)C3=C[CH]C4=C(CC4)C3)=C[CH]2)cc1. The van der Waals surface area contributed by atoms with Crippen LogP contribution in [-0.4, -0.2) is 17.3 Å². The molecule has 0 amide bonds. The van der Waals surface area contributed by atoms with Crippen LogP contribution in [0.15, 0.2) is 82.2 Å². The van der Waals surface area contributed by atoms with E-state index in [0.29, 0.717) is 23.5 Å². The summed E-state index contributed by atoms with van der Waals surface area (Å²) in [6.45, 7) is 3.09. The van der Waals surface area contributed by atoms with Gasteiger partial charge in [-0.25, -0.2) is 0 Å². The number of ketones is 3. The van der Waals surface area contributed by atoms with E-state index in [0.717, 1.165) is 36.0 Å². The molecule has 0 saturated heterocycles. The maximum atomic E-state index is 12.8. The van der Waals surface area contributed by atoms with Crippen LogP contribution in [-0.2, 0) is 20.8 Å². The Morgan fingerprint density at radius 3 is 2.31 bits per heavy atom. The number of hydrogen-bond acceptors (Lipinski definition) is 4. The molecule has 0 saturated carbocycles. The first-order valence-corrected chi connectivity index (χ1v) is 10.9. The van der Waals surface area contributed by atoms with Crippen molar-refractivity contribution in [1.82, 2.24) is 0 Å². The molecule has 1 aromatic rings. The number of carbonyl (C=O) groups is 3. The predicted octanol–water partition coefficient (Wildman–Crippen LogP) is 5.32. The highest BCUT2D eigenvalue weighted by molar-refractivity contribution is 6.09. The first kappa shape index (κ1) is 21.9. The van der Waals surface area contributed by atoms with Crippen molar-refractivity contribution in [1.29, 1.82) is 0 Å². The Balaban J connectivity index is 1.29. The standard InChI is InChI=1S/C28H26O4/c1-18(19(2)29)15-25(30)16-20-3-11-26(12-4-20)32-27-13-9-22(10-14-27)28(31)24-8-6-21-5-7-23(21)17-24/h3-4,6,8-9,11-15H,5,7,10,16-17H2,1-2H3/b18-15-. The van der Waals surface area contributed by atoms with E-state index >= 15 is 0 Å². The quantitative estimate of drug-likeness (QED) is 0.528. The molecular weight excluding hydrogens is 400 g/mol. The maximum absolute atomic E-state index is 12.8. The van der Waals surface area contributed by atoms with E-state index in [1.165, 1.54) is 24.1 Å². The van der Waals surface area contributed by atoms with Crippen molar-refractivity contribution < 1.29 is 19.1 Å². The van der Waals surface area contributed by atoms with Crippen LogP contribution in [0.1, 0.15) is 45.1 Å². The van der Waals surface area contributed by atoms with Crippen molar-refractivity contribution in [2.45, 2.75) is 46.0 Å². The minimum Gasteiger partial charge on any atom is -0.461 e. The van der Waals surface area contributed by atoms with E-state index in [9.17, 15) is 14.4 Å². The second-order valence-electron chi connectivity index (χ2n) is 8.44. The average Bonchev–Trinajstić information content (AvgIpc) is 2.76. The molecule has 4 heteroatoms. The molecule has 4 rings (SSSR count). The summed E-state index contributed by atoms with van der Waals surface area (Å²) >= 11 is 0. The number of Topliss-reactive ketones (excluding diaryl/α,β-unsaturated/α-hetero) is 2. The van der Waals surface area contributed by atoms with Gasteiger partial charge in [-0.3, -0.25) is 14.4 Å². The van der Waals surface area contributed by atoms with Gasteiger partial charge in [0.25, 0.3) is 0 Å². The Bertz CT molecular complexity index is 1120. The lowest BCUT2D eigenvalue weighted by atomic mass is 9.77. The predicted molar refractivity (Wildman–Crippen MR) is 124 cm³/mol. The lowest BCUT2D eigenvalue weighted by molar-refractivity contribution is -0.116. The van der Waals surface area contributed by atoms with E-state index in [1.54, 1.807) is 6.92 Å². The molecule has 3 aliphatic carbocycles. The zero-order valence-corrected chi connectivity index (χ0v) is 18.4. The highest BCUT2D eigenvalue weighted by Gasteiger charge is 2.26. The molecule has 0 atom stereocenters. The minimum atomic E-state index is -0.104. The molecule has 0 bridgehead atoms. The molecule has 4 nitrogen and oxygen atoms in total. The van der Waals surface area contributed by atoms with Crippen molar-refractivity contribution in [3.63, 3.8) is 0 Å². The molecule has 0 unspecified atom stereocenters. The number of benzene rings is 1. The lowest BCUT2D eigenvalue weighted by Crippen LogP contribution is -2.16. The molecule has 0 fully saturated rings. The summed E-state index contributed by atoms with van der Waals surface area (Å²) in [5.74, 6) is 1.27. The first-order valence-electron chi connectivity index (χ1n) is 10.9. The van der Waals surface area contributed by atoms with Gasteiger partial charge in [-0.15, -0.1) is 0 Å². The van der Waals surface area contributed by atoms with Crippen molar-refractivity contribution >= 4 is 17.3 Å². The summed E-state index contributed by atoms with van der Waals surface area (Å²) in [6.07, 6.45) is 14.9. The third kappa shape index (κ3) is 5.13. The molecular formula is C28H26O4. The maximum Gasteiger partial charge on any atom is 0.185 e. The normalized spacial score (nSPS) is 18.1. The molecule has 0 N–H and O–H groups in total. The summed E-state index contributed by atoms with van der Waals surface area (Å²) in [6, 6.07) is 7.31. The fraction of sp³-hybridized carbons (Fsp3) is 0.250. The molecule has 0 heterocycles. The Morgan fingerprint density at radius 1 is 0.969 bits per heavy atom. The zero-order chi connectivity index (χ0) is 22.7. The van der Waals surface area contributed by atoms with E-state index < -0.39 is 0 Å². The Hall–Kier alpha value is -3.27. The number of hydrogen-bond donors (Lipinski definition) is 0. The summed E-state index contributed by atoms with van der Waals surface area (Å²) in [5.41, 5.74) is 5.78. The highest BCUT2D eigenvalue weighted by Crippen LogP contribution is 2.39. The van der Waals surface area contributed by atoms with Crippen LogP contribution in [0, 0.1) is 12.8 Å².